The molecule has 0 spiro atoms. The average molecular weight is 485 g/mol. The second kappa shape index (κ2) is 9.60. The second-order valence-electron chi connectivity index (χ2n) is 7.14. The van der Waals surface area contributed by atoms with Crippen LogP contribution in [0.1, 0.15) is 21.6 Å². The number of thioether (sulfide) groups is 1. The number of benzene rings is 2. The third-order valence-corrected chi connectivity index (χ3v) is 6.15. The molecular formula is C23H18ClFN4O3S. The third-order valence-electron chi connectivity index (χ3n) is 4.89. The summed E-state index contributed by atoms with van der Waals surface area (Å²) < 4.78 is 14.5. The number of aryl methyl sites for hydroxylation is 1. The van der Waals surface area contributed by atoms with E-state index in [2.05, 4.69) is 10.4 Å². The molecule has 10 heteroatoms. The molecule has 1 aliphatic rings. The van der Waals surface area contributed by atoms with Gasteiger partial charge in [-0.1, -0.05) is 41.9 Å². The standard InChI is InChI=1S/C23H18ClFN4O3S/c1-14-19(20(24)29(27-14)17-5-3-2-4-6-17)21(30)26-11-12-28-22(31)18(33-23(28)32)13-15-7-9-16(25)10-8-15/h2-10,13H,11-12H2,1H3,(H,26,30)/b18-13-. The van der Waals surface area contributed by atoms with Crippen molar-refractivity contribution in [2.45, 2.75) is 6.92 Å². The lowest BCUT2D eigenvalue weighted by Gasteiger charge is -2.13. The van der Waals surface area contributed by atoms with Crippen LogP contribution in [0.3, 0.4) is 0 Å². The second-order valence-corrected chi connectivity index (χ2v) is 8.49. The van der Waals surface area contributed by atoms with E-state index in [1.807, 2.05) is 30.3 Å². The van der Waals surface area contributed by atoms with E-state index in [1.54, 1.807) is 6.92 Å². The molecule has 0 aliphatic carbocycles. The summed E-state index contributed by atoms with van der Waals surface area (Å²) in [6.45, 7) is 1.73. The van der Waals surface area contributed by atoms with Crippen LogP contribution in [-0.4, -0.2) is 44.8 Å². The first-order valence-electron chi connectivity index (χ1n) is 9.95. The Bertz CT molecular complexity index is 1260. The zero-order valence-corrected chi connectivity index (χ0v) is 19.0. The molecule has 2 heterocycles. The number of carbonyl (C=O) groups excluding carboxylic acids is 3. The van der Waals surface area contributed by atoms with E-state index < -0.39 is 17.1 Å². The van der Waals surface area contributed by atoms with E-state index in [1.165, 1.54) is 35.0 Å². The normalized spacial score (nSPS) is 14.9. The van der Waals surface area contributed by atoms with Crippen LogP contribution in [0, 0.1) is 12.7 Å². The number of carbonyl (C=O) groups is 3. The summed E-state index contributed by atoms with van der Waals surface area (Å²) in [7, 11) is 0. The summed E-state index contributed by atoms with van der Waals surface area (Å²) in [5, 5.41) is 6.76. The molecule has 1 fully saturated rings. The van der Waals surface area contributed by atoms with Crippen LogP contribution in [0.25, 0.3) is 11.8 Å². The zero-order valence-electron chi connectivity index (χ0n) is 17.4. The number of para-hydroxylation sites is 1. The van der Waals surface area contributed by atoms with Gasteiger partial charge in [0, 0.05) is 13.1 Å². The molecule has 2 aromatic carbocycles. The first kappa shape index (κ1) is 22.8. The Morgan fingerprint density at radius 3 is 2.55 bits per heavy atom. The molecule has 0 saturated carbocycles. The highest BCUT2D eigenvalue weighted by Crippen LogP contribution is 2.32. The Labute approximate surface area is 198 Å². The van der Waals surface area contributed by atoms with Crippen molar-refractivity contribution in [3.8, 4) is 5.69 Å². The van der Waals surface area contributed by atoms with Gasteiger partial charge in [-0.3, -0.25) is 19.3 Å². The largest absolute Gasteiger partial charge is 0.350 e. The van der Waals surface area contributed by atoms with E-state index in [4.69, 9.17) is 11.6 Å². The van der Waals surface area contributed by atoms with Gasteiger partial charge >= 0.3 is 0 Å². The van der Waals surface area contributed by atoms with Crippen LogP contribution < -0.4 is 5.32 Å². The maximum Gasteiger partial charge on any atom is 0.293 e. The molecular weight excluding hydrogens is 467 g/mol. The summed E-state index contributed by atoms with van der Waals surface area (Å²) in [5.41, 5.74) is 2.01. The Kier molecular flexibility index (Phi) is 6.62. The van der Waals surface area contributed by atoms with E-state index in [-0.39, 0.29) is 34.5 Å². The van der Waals surface area contributed by atoms with Crippen molar-refractivity contribution in [2.24, 2.45) is 0 Å². The van der Waals surface area contributed by atoms with Gasteiger partial charge in [0.25, 0.3) is 17.1 Å². The summed E-state index contributed by atoms with van der Waals surface area (Å²) >= 11 is 7.20. The van der Waals surface area contributed by atoms with E-state index in [0.29, 0.717) is 11.3 Å². The molecule has 1 aliphatic heterocycles. The quantitative estimate of drug-likeness (QED) is 0.523. The molecule has 0 bridgehead atoms. The lowest BCUT2D eigenvalue weighted by atomic mass is 10.2. The number of hydrogen-bond donors (Lipinski definition) is 1. The van der Waals surface area contributed by atoms with Crippen LogP contribution >= 0.6 is 23.4 Å². The molecule has 0 atom stereocenters. The van der Waals surface area contributed by atoms with Gasteiger partial charge in [-0.25, -0.2) is 9.07 Å². The predicted octanol–water partition coefficient (Wildman–Crippen LogP) is 4.44. The van der Waals surface area contributed by atoms with Crippen molar-refractivity contribution in [3.63, 3.8) is 0 Å². The number of imide groups is 1. The monoisotopic (exact) mass is 484 g/mol. The number of nitrogens with zero attached hydrogens (tertiary/aromatic N) is 3. The number of aromatic nitrogens is 2. The van der Waals surface area contributed by atoms with Crippen LogP contribution in [0.4, 0.5) is 9.18 Å². The number of nitrogens with one attached hydrogen (secondary N) is 1. The van der Waals surface area contributed by atoms with Crippen molar-refractivity contribution in [2.75, 3.05) is 13.1 Å². The van der Waals surface area contributed by atoms with Crippen molar-refractivity contribution in [1.82, 2.24) is 20.0 Å². The molecule has 0 radical (unpaired) electrons. The van der Waals surface area contributed by atoms with Gasteiger partial charge in [0.1, 0.15) is 11.0 Å². The molecule has 3 aromatic rings. The van der Waals surface area contributed by atoms with Crippen LogP contribution in [0.5, 0.6) is 0 Å². The van der Waals surface area contributed by atoms with Crippen molar-refractivity contribution < 1.29 is 18.8 Å². The van der Waals surface area contributed by atoms with Crippen LogP contribution in [0.15, 0.2) is 59.5 Å². The Hall–Kier alpha value is -3.43. The summed E-state index contributed by atoms with van der Waals surface area (Å²) in [6.07, 6.45) is 1.53. The van der Waals surface area contributed by atoms with E-state index >= 15 is 0 Å². The first-order chi connectivity index (χ1) is 15.8. The smallest absolute Gasteiger partial charge is 0.293 e. The van der Waals surface area contributed by atoms with Gasteiger partial charge in [-0.15, -0.1) is 0 Å². The molecule has 3 amide bonds. The topological polar surface area (TPSA) is 84.3 Å². The number of halogens is 2. The first-order valence-corrected chi connectivity index (χ1v) is 11.1. The number of amides is 3. The highest BCUT2D eigenvalue weighted by atomic mass is 35.5. The molecule has 1 aromatic heterocycles. The highest BCUT2D eigenvalue weighted by molar-refractivity contribution is 8.18. The van der Waals surface area contributed by atoms with Crippen molar-refractivity contribution in [1.29, 1.82) is 0 Å². The molecule has 1 saturated heterocycles. The zero-order chi connectivity index (χ0) is 23.5. The van der Waals surface area contributed by atoms with Gasteiger partial charge in [-0.2, -0.15) is 5.10 Å². The fraction of sp³-hybridized carbons (Fsp3) is 0.130. The Morgan fingerprint density at radius 2 is 1.85 bits per heavy atom. The lowest BCUT2D eigenvalue weighted by molar-refractivity contribution is -0.122. The summed E-state index contributed by atoms with van der Waals surface area (Å²) in [6, 6.07) is 14.8. The minimum Gasteiger partial charge on any atom is -0.350 e. The van der Waals surface area contributed by atoms with E-state index in [9.17, 15) is 18.8 Å². The molecule has 168 valence electrons. The van der Waals surface area contributed by atoms with Gasteiger partial charge in [0.2, 0.25) is 0 Å². The minimum absolute atomic E-state index is 0.000648. The van der Waals surface area contributed by atoms with Crippen molar-refractivity contribution in [3.05, 3.63) is 87.3 Å². The fourth-order valence-corrected chi connectivity index (χ4v) is 4.49. The van der Waals surface area contributed by atoms with Gasteiger partial charge < -0.3 is 5.32 Å². The lowest BCUT2D eigenvalue weighted by Crippen LogP contribution is -2.37. The number of hydrogen-bond acceptors (Lipinski definition) is 5. The number of rotatable bonds is 6. The predicted molar refractivity (Wildman–Crippen MR) is 125 cm³/mol. The molecule has 7 nitrogen and oxygen atoms in total. The maximum atomic E-state index is 13.1. The molecule has 0 unspecified atom stereocenters. The molecule has 4 rings (SSSR count). The van der Waals surface area contributed by atoms with Gasteiger partial charge in [-0.05, 0) is 54.6 Å². The average Bonchev–Trinajstić information content (AvgIpc) is 3.25. The fourth-order valence-electron chi connectivity index (χ4n) is 3.27. The molecule has 1 N–H and O–H groups in total. The van der Waals surface area contributed by atoms with Crippen LogP contribution in [0.2, 0.25) is 5.15 Å². The Morgan fingerprint density at radius 1 is 1.15 bits per heavy atom. The molecule has 33 heavy (non-hydrogen) atoms. The van der Waals surface area contributed by atoms with E-state index in [0.717, 1.165) is 22.3 Å². The third kappa shape index (κ3) is 4.84. The summed E-state index contributed by atoms with van der Waals surface area (Å²) in [4.78, 5) is 38.9. The summed E-state index contributed by atoms with van der Waals surface area (Å²) in [5.74, 6) is -1.30. The minimum atomic E-state index is -0.463. The Balaban J connectivity index is 1.40. The van der Waals surface area contributed by atoms with Gasteiger partial charge in [0.15, 0.2) is 0 Å². The van der Waals surface area contributed by atoms with Crippen LogP contribution in [-0.2, 0) is 4.79 Å². The SMILES string of the molecule is Cc1nn(-c2ccccc2)c(Cl)c1C(=O)NCCN1C(=O)S/C(=C\c2ccc(F)cc2)C1=O. The highest BCUT2D eigenvalue weighted by Gasteiger charge is 2.34. The van der Waals surface area contributed by atoms with Gasteiger partial charge in [0.05, 0.1) is 21.8 Å². The maximum absolute atomic E-state index is 13.1. The van der Waals surface area contributed by atoms with Crippen molar-refractivity contribution >= 4 is 46.5 Å².